The van der Waals surface area contributed by atoms with E-state index in [1.807, 2.05) is 0 Å². The molecule has 1 aromatic carbocycles. The number of anilines is 1. The molecular weight excluding hydrogens is 268 g/mol. The Labute approximate surface area is 127 Å². The molecule has 0 amide bonds. The summed E-state index contributed by atoms with van der Waals surface area (Å²) in [6.45, 7) is 9.62. The molecule has 0 saturated carbocycles. The minimum absolute atomic E-state index is 0.429. The van der Waals surface area contributed by atoms with Gasteiger partial charge in [-0.15, -0.1) is 0 Å². The molecule has 1 atom stereocenters. The smallest absolute Gasteiger partial charge is 0.0402 e. The van der Waals surface area contributed by atoms with Crippen molar-refractivity contribution >= 4 is 17.3 Å². The van der Waals surface area contributed by atoms with Crippen molar-refractivity contribution in [2.24, 2.45) is 0 Å². The average molecular weight is 293 g/mol. The summed E-state index contributed by atoms with van der Waals surface area (Å²) in [5, 5.41) is 3.55. The molecule has 20 heavy (non-hydrogen) atoms. The molecule has 110 valence electrons. The Morgan fingerprint density at radius 1 is 1.50 bits per heavy atom. The Morgan fingerprint density at radius 2 is 2.30 bits per heavy atom. The van der Waals surface area contributed by atoms with Gasteiger partial charge in [0.2, 0.25) is 0 Å². The fourth-order valence-electron chi connectivity index (χ4n) is 2.74. The lowest BCUT2D eigenvalue weighted by molar-refractivity contribution is 0.570. The molecule has 0 aliphatic carbocycles. The minimum atomic E-state index is 0.429. The Kier molecular flexibility index (Phi) is 5.50. The average Bonchev–Trinajstić information content (AvgIpc) is 2.86. The van der Waals surface area contributed by atoms with Crippen molar-refractivity contribution in [1.29, 1.82) is 0 Å². The second-order valence-electron chi connectivity index (χ2n) is 5.69. The van der Waals surface area contributed by atoms with E-state index < -0.39 is 0 Å². The maximum Gasteiger partial charge on any atom is 0.0402 e. The SMILES string of the molecule is CCCNC(C)c1ccc2c(c1)CCN2C/C(C)=C/Cl. The third-order valence-corrected chi connectivity index (χ3v) is 4.29. The lowest BCUT2D eigenvalue weighted by Gasteiger charge is -2.20. The number of hydrogen-bond donors (Lipinski definition) is 1. The van der Waals surface area contributed by atoms with Gasteiger partial charge in [0.05, 0.1) is 0 Å². The first-order chi connectivity index (χ1) is 9.65. The maximum atomic E-state index is 5.78. The normalized spacial score (nSPS) is 16.4. The van der Waals surface area contributed by atoms with E-state index in [0.29, 0.717) is 6.04 Å². The number of fused-ring (bicyclic) bond motifs is 1. The third-order valence-electron chi connectivity index (χ3n) is 3.92. The quantitative estimate of drug-likeness (QED) is 0.843. The zero-order chi connectivity index (χ0) is 14.5. The molecule has 0 aromatic heterocycles. The highest BCUT2D eigenvalue weighted by Crippen LogP contribution is 2.31. The molecule has 0 saturated heterocycles. The molecule has 3 heteroatoms. The van der Waals surface area contributed by atoms with Crippen LogP contribution in [0.4, 0.5) is 5.69 Å². The second-order valence-corrected chi connectivity index (χ2v) is 5.91. The van der Waals surface area contributed by atoms with Gasteiger partial charge in [-0.25, -0.2) is 0 Å². The molecule has 0 bridgehead atoms. The summed E-state index contributed by atoms with van der Waals surface area (Å²) in [5.74, 6) is 0. The molecule has 2 nitrogen and oxygen atoms in total. The lowest BCUT2D eigenvalue weighted by atomic mass is 10.0. The van der Waals surface area contributed by atoms with Gasteiger partial charge in [0, 0.05) is 30.4 Å². The van der Waals surface area contributed by atoms with E-state index in [1.165, 1.54) is 28.8 Å². The van der Waals surface area contributed by atoms with E-state index in [1.54, 1.807) is 5.54 Å². The topological polar surface area (TPSA) is 15.3 Å². The highest BCUT2D eigenvalue weighted by Gasteiger charge is 2.20. The highest BCUT2D eigenvalue weighted by atomic mass is 35.5. The van der Waals surface area contributed by atoms with Crippen LogP contribution in [0.1, 0.15) is 44.4 Å². The first-order valence-electron chi connectivity index (χ1n) is 7.52. The molecule has 0 fully saturated rings. The summed E-state index contributed by atoms with van der Waals surface area (Å²) in [4.78, 5) is 2.41. The number of nitrogens with one attached hydrogen (secondary N) is 1. The number of rotatable bonds is 6. The summed E-state index contributed by atoms with van der Waals surface area (Å²) in [6.07, 6.45) is 2.31. The van der Waals surface area contributed by atoms with Gasteiger partial charge in [-0.1, -0.05) is 30.7 Å². The van der Waals surface area contributed by atoms with E-state index in [9.17, 15) is 0 Å². The molecule has 1 aromatic rings. The Hall–Kier alpha value is -0.990. The number of benzene rings is 1. The van der Waals surface area contributed by atoms with Crippen LogP contribution in [-0.2, 0) is 6.42 Å². The summed E-state index contributed by atoms with van der Waals surface area (Å²) in [7, 11) is 0. The fraction of sp³-hybridized carbons (Fsp3) is 0.529. The van der Waals surface area contributed by atoms with E-state index in [2.05, 4.69) is 49.2 Å². The standard InChI is InChI=1S/C17H25ClN2/c1-4-8-19-14(3)15-5-6-17-16(10-15)7-9-20(17)12-13(2)11-18/h5-6,10-11,14,19H,4,7-9,12H2,1-3H3/b13-11+. The molecule has 1 aliphatic rings. The van der Waals surface area contributed by atoms with Gasteiger partial charge < -0.3 is 10.2 Å². The largest absolute Gasteiger partial charge is 0.367 e. The number of hydrogen-bond acceptors (Lipinski definition) is 2. The predicted molar refractivity (Wildman–Crippen MR) is 88.7 cm³/mol. The summed E-state index contributed by atoms with van der Waals surface area (Å²) < 4.78 is 0. The van der Waals surface area contributed by atoms with Gasteiger partial charge in [-0.2, -0.15) is 0 Å². The van der Waals surface area contributed by atoms with Crippen molar-refractivity contribution in [2.45, 2.75) is 39.7 Å². The van der Waals surface area contributed by atoms with Gasteiger partial charge in [0.25, 0.3) is 0 Å². The van der Waals surface area contributed by atoms with E-state index >= 15 is 0 Å². The van der Waals surface area contributed by atoms with Crippen LogP contribution in [0.2, 0.25) is 0 Å². The molecule has 1 aliphatic heterocycles. The van der Waals surface area contributed by atoms with Gasteiger partial charge in [0.1, 0.15) is 0 Å². The second kappa shape index (κ2) is 7.14. The van der Waals surface area contributed by atoms with Crippen molar-refractivity contribution in [1.82, 2.24) is 5.32 Å². The van der Waals surface area contributed by atoms with Crippen LogP contribution in [0.15, 0.2) is 29.3 Å². The van der Waals surface area contributed by atoms with E-state index in [-0.39, 0.29) is 0 Å². The minimum Gasteiger partial charge on any atom is -0.367 e. The molecular formula is C17H25ClN2. The molecule has 2 rings (SSSR count). The monoisotopic (exact) mass is 292 g/mol. The predicted octanol–water partition coefficient (Wildman–Crippen LogP) is 4.25. The van der Waals surface area contributed by atoms with Crippen LogP contribution >= 0.6 is 11.6 Å². The lowest BCUT2D eigenvalue weighted by Crippen LogP contribution is -2.22. The van der Waals surface area contributed by atoms with Crippen molar-refractivity contribution in [3.8, 4) is 0 Å². The number of nitrogens with zero attached hydrogens (tertiary/aromatic N) is 1. The van der Waals surface area contributed by atoms with Crippen molar-refractivity contribution in [3.63, 3.8) is 0 Å². The first-order valence-corrected chi connectivity index (χ1v) is 7.96. The van der Waals surface area contributed by atoms with Crippen LogP contribution in [0.5, 0.6) is 0 Å². The van der Waals surface area contributed by atoms with Crippen molar-refractivity contribution < 1.29 is 0 Å². The van der Waals surface area contributed by atoms with Crippen LogP contribution in [0.25, 0.3) is 0 Å². The molecule has 1 N–H and O–H groups in total. The summed E-state index contributed by atoms with van der Waals surface area (Å²) in [6, 6.07) is 7.31. The third kappa shape index (κ3) is 3.56. The Morgan fingerprint density at radius 3 is 3.00 bits per heavy atom. The zero-order valence-electron chi connectivity index (χ0n) is 12.7. The van der Waals surface area contributed by atoms with Crippen LogP contribution in [0, 0.1) is 0 Å². The maximum absolute atomic E-state index is 5.78. The van der Waals surface area contributed by atoms with Crippen molar-refractivity contribution in [3.05, 3.63) is 40.4 Å². The van der Waals surface area contributed by atoms with Gasteiger partial charge in [0.15, 0.2) is 0 Å². The van der Waals surface area contributed by atoms with Crippen LogP contribution < -0.4 is 10.2 Å². The summed E-state index contributed by atoms with van der Waals surface area (Å²) >= 11 is 5.78. The van der Waals surface area contributed by atoms with Crippen LogP contribution in [-0.4, -0.2) is 19.6 Å². The number of halogens is 1. The highest BCUT2D eigenvalue weighted by molar-refractivity contribution is 6.25. The van der Waals surface area contributed by atoms with Gasteiger partial charge in [-0.05, 0) is 56.0 Å². The van der Waals surface area contributed by atoms with Crippen LogP contribution in [0.3, 0.4) is 0 Å². The molecule has 0 radical (unpaired) electrons. The fourth-order valence-corrected chi connectivity index (χ4v) is 2.81. The van der Waals surface area contributed by atoms with E-state index in [0.717, 1.165) is 26.1 Å². The first kappa shape index (κ1) is 15.4. The van der Waals surface area contributed by atoms with Gasteiger partial charge >= 0.3 is 0 Å². The molecule has 0 spiro atoms. The molecule has 1 heterocycles. The van der Waals surface area contributed by atoms with E-state index in [4.69, 9.17) is 11.6 Å². The zero-order valence-corrected chi connectivity index (χ0v) is 13.5. The summed E-state index contributed by atoms with van der Waals surface area (Å²) in [5.41, 5.74) is 7.12. The Balaban J connectivity index is 2.10. The van der Waals surface area contributed by atoms with Crippen molar-refractivity contribution in [2.75, 3.05) is 24.5 Å². The molecule has 1 unspecified atom stereocenters. The Bertz CT molecular complexity index is 482. The van der Waals surface area contributed by atoms with Gasteiger partial charge in [-0.3, -0.25) is 0 Å².